The molecule has 216 valence electrons. The smallest absolute Gasteiger partial charge is 0.221 e. The summed E-state index contributed by atoms with van der Waals surface area (Å²) >= 11 is 0. The van der Waals surface area contributed by atoms with Gasteiger partial charge in [-0.05, 0) is 83.6 Å². The normalized spacial score (nSPS) is 15.0. The highest BCUT2D eigenvalue weighted by molar-refractivity contribution is 6.08. The highest BCUT2D eigenvalue weighted by atomic mass is 16.5. The van der Waals surface area contributed by atoms with Gasteiger partial charge in [-0.1, -0.05) is 39.8 Å². The number of anilines is 2. The van der Waals surface area contributed by atoms with Crippen LogP contribution >= 0.6 is 0 Å². The third kappa shape index (κ3) is 3.99. The predicted octanol–water partition coefficient (Wildman–Crippen LogP) is 8.17. The fourth-order valence-electron chi connectivity index (χ4n) is 7.00. The van der Waals surface area contributed by atoms with E-state index < -0.39 is 0 Å². The van der Waals surface area contributed by atoms with E-state index in [9.17, 15) is 9.59 Å². The topological polar surface area (TPSA) is 76.7 Å². The van der Waals surface area contributed by atoms with Gasteiger partial charge in [0.2, 0.25) is 11.8 Å². The van der Waals surface area contributed by atoms with Crippen LogP contribution in [0.1, 0.15) is 77.6 Å². The summed E-state index contributed by atoms with van der Waals surface area (Å²) in [5, 5.41) is 7.94. The molecule has 0 aromatic heterocycles. The van der Waals surface area contributed by atoms with E-state index >= 15 is 0 Å². The van der Waals surface area contributed by atoms with Gasteiger partial charge in [0, 0.05) is 58.0 Å². The van der Waals surface area contributed by atoms with Crippen LogP contribution in [-0.2, 0) is 20.4 Å². The third-order valence-corrected chi connectivity index (χ3v) is 8.84. The molecule has 0 unspecified atom stereocenters. The highest BCUT2D eigenvalue weighted by Gasteiger charge is 2.42. The molecule has 4 aromatic carbocycles. The fourth-order valence-corrected chi connectivity index (χ4v) is 7.00. The Labute approximate surface area is 247 Å². The first-order valence-corrected chi connectivity index (χ1v) is 14.7. The molecule has 42 heavy (non-hydrogen) atoms. The van der Waals surface area contributed by atoms with Crippen molar-refractivity contribution in [1.29, 1.82) is 0 Å². The molecule has 0 bridgehead atoms. The van der Waals surface area contributed by atoms with Crippen molar-refractivity contribution in [3.8, 4) is 33.8 Å². The molecule has 0 fully saturated rings. The van der Waals surface area contributed by atoms with E-state index in [0.29, 0.717) is 13.2 Å². The number of ether oxygens (including phenoxy) is 2. The molecule has 2 N–H and O–H groups in total. The molecule has 0 radical (unpaired) electrons. The van der Waals surface area contributed by atoms with Crippen LogP contribution < -0.4 is 20.1 Å². The molecule has 0 atom stereocenters. The molecule has 6 rings (SSSR count). The lowest BCUT2D eigenvalue weighted by molar-refractivity contribution is -0.115. The third-order valence-electron chi connectivity index (χ3n) is 8.84. The fraction of sp³-hybridized carbons (Fsp3) is 0.333. The molecule has 2 amide bonds. The molecule has 6 nitrogen and oxygen atoms in total. The average molecular weight is 563 g/mol. The van der Waals surface area contributed by atoms with Gasteiger partial charge in [-0.3, -0.25) is 9.59 Å². The van der Waals surface area contributed by atoms with Crippen molar-refractivity contribution in [3.05, 3.63) is 70.8 Å². The van der Waals surface area contributed by atoms with Gasteiger partial charge in [0.25, 0.3) is 0 Å². The van der Waals surface area contributed by atoms with Gasteiger partial charge >= 0.3 is 0 Å². The van der Waals surface area contributed by atoms with E-state index in [1.54, 1.807) is 0 Å². The van der Waals surface area contributed by atoms with Gasteiger partial charge in [-0.2, -0.15) is 0 Å². The van der Waals surface area contributed by atoms with Gasteiger partial charge in [-0.15, -0.1) is 0 Å². The number of fused-ring (bicyclic) bond motifs is 7. The Morgan fingerprint density at radius 1 is 0.619 bits per heavy atom. The van der Waals surface area contributed by atoms with Crippen LogP contribution in [0.3, 0.4) is 0 Å². The molecule has 0 spiro atoms. The highest BCUT2D eigenvalue weighted by Crippen LogP contribution is 2.60. The SMILES string of the molecule is CCOc1c2c(cc3c(OCC)c4c(cc13)C(C)(C)c1cc(NC(C)=O)ccc1-4)C(C)(C)c1cc(NC(C)=O)ccc1-2. The molecule has 0 heterocycles. The summed E-state index contributed by atoms with van der Waals surface area (Å²) in [7, 11) is 0. The average Bonchev–Trinajstić information content (AvgIpc) is 3.27. The molecular formula is C36H38N2O4. The van der Waals surface area contributed by atoms with Gasteiger partial charge in [0.05, 0.1) is 13.2 Å². The number of hydrogen-bond acceptors (Lipinski definition) is 4. The lowest BCUT2D eigenvalue weighted by Gasteiger charge is -2.26. The first-order chi connectivity index (χ1) is 19.9. The van der Waals surface area contributed by atoms with Crippen LogP contribution in [0.2, 0.25) is 0 Å². The van der Waals surface area contributed by atoms with E-state index in [2.05, 4.69) is 74.7 Å². The molecule has 0 saturated heterocycles. The molecule has 0 aliphatic heterocycles. The van der Waals surface area contributed by atoms with Crippen LogP contribution in [-0.4, -0.2) is 25.0 Å². The van der Waals surface area contributed by atoms with E-state index in [4.69, 9.17) is 9.47 Å². The number of carbonyl (C=O) groups excluding carboxylic acids is 2. The molecule has 6 heteroatoms. The Morgan fingerprint density at radius 2 is 1.00 bits per heavy atom. The van der Waals surface area contributed by atoms with Crippen molar-refractivity contribution in [2.24, 2.45) is 0 Å². The van der Waals surface area contributed by atoms with E-state index in [1.807, 2.05) is 26.0 Å². The lowest BCUT2D eigenvalue weighted by atomic mass is 9.79. The Bertz CT molecular complexity index is 1680. The second-order valence-corrected chi connectivity index (χ2v) is 12.4. The summed E-state index contributed by atoms with van der Waals surface area (Å²) in [6, 6.07) is 16.9. The number of nitrogens with one attached hydrogen (secondary N) is 2. The Hall–Kier alpha value is -4.32. The monoisotopic (exact) mass is 562 g/mol. The number of rotatable bonds is 6. The minimum atomic E-state index is -0.327. The first kappa shape index (κ1) is 27.8. The van der Waals surface area contributed by atoms with Gasteiger partial charge in [0.1, 0.15) is 11.5 Å². The number of carbonyl (C=O) groups is 2. The summed E-state index contributed by atoms with van der Waals surface area (Å²) in [6.07, 6.45) is 0. The largest absolute Gasteiger partial charge is 0.493 e. The molecule has 0 saturated carbocycles. The Kier molecular flexibility index (Phi) is 6.37. The number of benzene rings is 4. The van der Waals surface area contributed by atoms with Crippen LogP contribution in [0.25, 0.3) is 33.0 Å². The maximum Gasteiger partial charge on any atom is 0.221 e. The van der Waals surface area contributed by atoms with E-state index in [0.717, 1.165) is 67.0 Å². The van der Waals surface area contributed by atoms with Gasteiger partial charge < -0.3 is 20.1 Å². The zero-order valence-electron chi connectivity index (χ0n) is 25.7. The van der Waals surface area contributed by atoms with Crippen LogP contribution in [0, 0.1) is 0 Å². The van der Waals surface area contributed by atoms with E-state index in [-0.39, 0.29) is 22.6 Å². The molecule has 4 aromatic rings. The molecule has 2 aliphatic carbocycles. The standard InChI is InChI=1S/C36H38N2O4/c1-9-41-33-25-17-30-32(24-14-12-22(38-20(4)40)16-28(24)36(30,7)8)34(42-10-2)26(25)18-29-31(33)23-13-11-21(37-19(3)39)15-27(23)35(29,5)6/h11-18H,9-10H2,1-8H3,(H,37,39)(H,38,40). The summed E-state index contributed by atoms with van der Waals surface area (Å²) in [5.41, 5.74) is 10.0. The zero-order chi connectivity index (χ0) is 30.1. The van der Waals surface area contributed by atoms with Crippen molar-refractivity contribution in [3.63, 3.8) is 0 Å². The maximum absolute atomic E-state index is 11.8. The molecule has 2 aliphatic rings. The number of hydrogen-bond donors (Lipinski definition) is 2. The summed E-state index contributed by atoms with van der Waals surface area (Å²) < 4.78 is 13.1. The van der Waals surface area contributed by atoms with Crippen LogP contribution in [0.4, 0.5) is 11.4 Å². The Morgan fingerprint density at radius 3 is 1.33 bits per heavy atom. The van der Waals surface area contributed by atoms with Gasteiger partial charge in [0.15, 0.2) is 0 Å². The minimum absolute atomic E-state index is 0.0908. The van der Waals surface area contributed by atoms with Crippen molar-refractivity contribution in [1.82, 2.24) is 0 Å². The van der Waals surface area contributed by atoms with Gasteiger partial charge in [-0.25, -0.2) is 0 Å². The predicted molar refractivity (Wildman–Crippen MR) is 170 cm³/mol. The number of amides is 2. The van der Waals surface area contributed by atoms with Crippen molar-refractivity contribution in [2.45, 2.75) is 66.2 Å². The van der Waals surface area contributed by atoms with Crippen molar-refractivity contribution < 1.29 is 19.1 Å². The second kappa shape index (κ2) is 9.62. The van der Waals surface area contributed by atoms with Crippen molar-refractivity contribution in [2.75, 3.05) is 23.8 Å². The Balaban J connectivity index is 1.68. The summed E-state index contributed by atoms with van der Waals surface area (Å²) in [5.74, 6) is 1.54. The first-order valence-electron chi connectivity index (χ1n) is 14.7. The molecular weight excluding hydrogens is 524 g/mol. The van der Waals surface area contributed by atoms with E-state index in [1.165, 1.54) is 25.0 Å². The summed E-state index contributed by atoms with van der Waals surface area (Å²) in [4.78, 5) is 23.7. The quantitative estimate of drug-likeness (QED) is 0.249. The second-order valence-electron chi connectivity index (χ2n) is 12.4. The summed E-state index contributed by atoms with van der Waals surface area (Å²) in [6.45, 7) is 17.1. The lowest BCUT2D eigenvalue weighted by Crippen LogP contribution is -2.17. The van der Waals surface area contributed by atoms with Crippen molar-refractivity contribution >= 4 is 34.0 Å². The zero-order valence-corrected chi connectivity index (χ0v) is 25.7. The van der Waals surface area contributed by atoms with Crippen LogP contribution in [0.15, 0.2) is 48.5 Å². The van der Waals surface area contributed by atoms with Crippen LogP contribution in [0.5, 0.6) is 11.5 Å². The maximum atomic E-state index is 11.8. The minimum Gasteiger partial charge on any atom is -0.493 e.